The van der Waals surface area contributed by atoms with Crippen LogP contribution in [0.5, 0.6) is 0 Å². The molecule has 0 aliphatic heterocycles. The summed E-state index contributed by atoms with van der Waals surface area (Å²) in [5, 5.41) is 2.73. The van der Waals surface area contributed by atoms with Crippen molar-refractivity contribution in [2.75, 3.05) is 24.3 Å². The lowest BCUT2D eigenvalue weighted by Gasteiger charge is -2.16. The van der Waals surface area contributed by atoms with Gasteiger partial charge in [-0.1, -0.05) is 48.0 Å². The van der Waals surface area contributed by atoms with Crippen LogP contribution in [0, 0.1) is 6.92 Å². The van der Waals surface area contributed by atoms with Crippen LogP contribution < -0.4 is 10.2 Å². The summed E-state index contributed by atoms with van der Waals surface area (Å²) in [6.07, 6.45) is -1.04. The number of ether oxygens (including phenoxy) is 1. The second-order valence-electron chi connectivity index (χ2n) is 7.72. The molecule has 0 aliphatic rings. The third-order valence-electron chi connectivity index (χ3n) is 5.01. The Labute approximate surface area is 187 Å². The van der Waals surface area contributed by atoms with Gasteiger partial charge in [-0.2, -0.15) is 0 Å². The molecule has 0 fully saturated rings. The summed E-state index contributed by atoms with van der Waals surface area (Å²) in [7, 11) is 3.85. The second-order valence-corrected chi connectivity index (χ2v) is 7.72. The summed E-state index contributed by atoms with van der Waals surface area (Å²) >= 11 is 0. The summed E-state index contributed by atoms with van der Waals surface area (Å²) in [5.41, 5.74) is 3.45. The lowest BCUT2D eigenvalue weighted by molar-refractivity contribution is -0.123. The van der Waals surface area contributed by atoms with Gasteiger partial charge in [0.2, 0.25) is 0 Å². The first-order chi connectivity index (χ1) is 15.3. The Kier molecular flexibility index (Phi) is 7.05. The molecule has 0 saturated carbocycles. The first-order valence-electron chi connectivity index (χ1n) is 10.3. The molecule has 0 aliphatic carbocycles. The van der Waals surface area contributed by atoms with Crippen LogP contribution in [-0.4, -0.2) is 37.9 Å². The van der Waals surface area contributed by atoms with Gasteiger partial charge in [-0.3, -0.25) is 9.59 Å². The van der Waals surface area contributed by atoms with E-state index in [9.17, 15) is 14.4 Å². The monoisotopic (exact) mass is 430 g/mol. The molecule has 0 heterocycles. The third kappa shape index (κ3) is 5.40. The van der Waals surface area contributed by atoms with E-state index in [2.05, 4.69) is 5.32 Å². The fourth-order valence-electron chi connectivity index (χ4n) is 3.08. The Morgan fingerprint density at radius 2 is 1.44 bits per heavy atom. The minimum absolute atomic E-state index is 0.119. The molecule has 0 saturated heterocycles. The van der Waals surface area contributed by atoms with Crippen molar-refractivity contribution < 1.29 is 19.1 Å². The van der Waals surface area contributed by atoms with Gasteiger partial charge in [-0.25, -0.2) is 4.79 Å². The number of hydrogen-bond acceptors (Lipinski definition) is 5. The van der Waals surface area contributed by atoms with Gasteiger partial charge < -0.3 is 15.0 Å². The van der Waals surface area contributed by atoms with Crippen LogP contribution in [0.4, 0.5) is 11.4 Å². The van der Waals surface area contributed by atoms with Crippen molar-refractivity contribution in [1.82, 2.24) is 0 Å². The largest absolute Gasteiger partial charge is 0.449 e. The molecule has 3 rings (SSSR count). The van der Waals surface area contributed by atoms with E-state index in [1.54, 1.807) is 42.5 Å². The lowest BCUT2D eigenvalue weighted by Crippen LogP contribution is -2.30. The number of hydrogen-bond donors (Lipinski definition) is 1. The lowest BCUT2D eigenvalue weighted by atomic mass is 9.98. The summed E-state index contributed by atoms with van der Waals surface area (Å²) < 4.78 is 5.37. The highest BCUT2D eigenvalue weighted by molar-refractivity contribution is 6.14. The van der Waals surface area contributed by atoms with Crippen molar-refractivity contribution in [3.05, 3.63) is 95.1 Å². The highest BCUT2D eigenvalue weighted by Crippen LogP contribution is 2.19. The number of amides is 1. The Morgan fingerprint density at radius 1 is 0.844 bits per heavy atom. The summed E-state index contributed by atoms with van der Waals surface area (Å²) in [5.74, 6) is -1.47. The van der Waals surface area contributed by atoms with Crippen molar-refractivity contribution in [2.24, 2.45) is 0 Å². The zero-order valence-electron chi connectivity index (χ0n) is 18.6. The molecule has 0 unspecified atom stereocenters. The number of anilines is 2. The maximum absolute atomic E-state index is 12.9. The summed E-state index contributed by atoms with van der Waals surface area (Å²) in [6, 6.07) is 20.9. The van der Waals surface area contributed by atoms with Gasteiger partial charge in [0.1, 0.15) is 0 Å². The maximum Gasteiger partial charge on any atom is 0.339 e. The molecule has 3 aromatic rings. The van der Waals surface area contributed by atoms with Gasteiger partial charge in [0.25, 0.3) is 5.91 Å². The second kappa shape index (κ2) is 9.92. The van der Waals surface area contributed by atoms with Crippen LogP contribution >= 0.6 is 0 Å². The van der Waals surface area contributed by atoms with Gasteiger partial charge in [0.05, 0.1) is 5.56 Å². The number of benzene rings is 3. The number of esters is 1. The average Bonchev–Trinajstić information content (AvgIpc) is 2.79. The first-order valence-corrected chi connectivity index (χ1v) is 10.3. The Hall–Kier alpha value is -3.93. The molecular formula is C26H26N2O4. The van der Waals surface area contributed by atoms with E-state index in [4.69, 9.17) is 4.74 Å². The molecular weight excluding hydrogens is 404 g/mol. The molecule has 0 aromatic heterocycles. The maximum atomic E-state index is 12.9. The molecule has 6 nitrogen and oxygen atoms in total. The van der Waals surface area contributed by atoms with Crippen molar-refractivity contribution in [2.45, 2.75) is 20.0 Å². The fourth-order valence-corrected chi connectivity index (χ4v) is 3.08. The zero-order chi connectivity index (χ0) is 23.3. The van der Waals surface area contributed by atoms with Crippen molar-refractivity contribution in [1.29, 1.82) is 0 Å². The third-order valence-corrected chi connectivity index (χ3v) is 5.01. The molecule has 164 valence electrons. The molecule has 6 heteroatoms. The molecule has 1 amide bonds. The molecule has 3 aromatic carbocycles. The van der Waals surface area contributed by atoms with Gasteiger partial charge in [-0.05, 0) is 44.2 Å². The zero-order valence-corrected chi connectivity index (χ0v) is 18.6. The number of carbonyl (C=O) groups excluding carboxylic acids is 3. The van der Waals surface area contributed by atoms with Crippen LogP contribution in [0.15, 0.2) is 72.8 Å². The summed E-state index contributed by atoms with van der Waals surface area (Å²) in [6.45, 7) is 3.43. The van der Waals surface area contributed by atoms with E-state index in [0.717, 1.165) is 11.3 Å². The van der Waals surface area contributed by atoms with Gasteiger partial charge in [0.15, 0.2) is 11.9 Å². The van der Waals surface area contributed by atoms with Crippen LogP contribution in [0.2, 0.25) is 0 Å². The Balaban J connectivity index is 1.70. The molecule has 1 N–H and O–H groups in total. The first kappa shape index (κ1) is 22.7. The number of nitrogens with zero attached hydrogens (tertiary/aromatic N) is 1. The van der Waals surface area contributed by atoms with Crippen LogP contribution in [-0.2, 0) is 9.53 Å². The molecule has 32 heavy (non-hydrogen) atoms. The predicted molar refractivity (Wildman–Crippen MR) is 125 cm³/mol. The smallest absolute Gasteiger partial charge is 0.339 e. The number of carbonyl (C=O) groups is 3. The van der Waals surface area contributed by atoms with E-state index >= 15 is 0 Å². The number of rotatable bonds is 7. The van der Waals surface area contributed by atoms with E-state index in [-0.39, 0.29) is 16.9 Å². The minimum atomic E-state index is -1.04. The molecule has 0 bridgehead atoms. The molecule has 0 radical (unpaired) electrons. The minimum Gasteiger partial charge on any atom is -0.449 e. The predicted octanol–water partition coefficient (Wildman–Crippen LogP) is 4.48. The summed E-state index contributed by atoms with van der Waals surface area (Å²) in [4.78, 5) is 40.2. The average molecular weight is 431 g/mol. The Bertz CT molecular complexity index is 1120. The van der Waals surface area contributed by atoms with E-state index in [1.165, 1.54) is 13.0 Å². The Morgan fingerprint density at radius 3 is 2.03 bits per heavy atom. The molecule has 0 spiro atoms. The number of ketones is 1. The number of nitrogens with one attached hydrogen (secondary N) is 1. The quantitative estimate of drug-likeness (QED) is 0.442. The SMILES string of the molecule is Cc1ccc(C(=O)c2ccccc2C(=O)O[C@H](C)C(=O)Nc2ccc(N(C)C)cc2)cc1. The van der Waals surface area contributed by atoms with Gasteiger partial charge >= 0.3 is 5.97 Å². The van der Waals surface area contributed by atoms with E-state index in [0.29, 0.717) is 11.3 Å². The van der Waals surface area contributed by atoms with Crippen molar-refractivity contribution in [3.63, 3.8) is 0 Å². The molecule has 1 atom stereocenters. The van der Waals surface area contributed by atoms with E-state index < -0.39 is 18.0 Å². The van der Waals surface area contributed by atoms with Gasteiger partial charge in [-0.15, -0.1) is 0 Å². The van der Waals surface area contributed by atoms with Crippen molar-refractivity contribution >= 4 is 29.0 Å². The highest BCUT2D eigenvalue weighted by Gasteiger charge is 2.23. The van der Waals surface area contributed by atoms with Crippen LogP contribution in [0.25, 0.3) is 0 Å². The number of aryl methyl sites for hydroxylation is 1. The van der Waals surface area contributed by atoms with Crippen molar-refractivity contribution in [3.8, 4) is 0 Å². The van der Waals surface area contributed by atoms with E-state index in [1.807, 2.05) is 50.2 Å². The fraction of sp³-hybridized carbons (Fsp3) is 0.192. The van der Waals surface area contributed by atoms with Gasteiger partial charge in [0, 0.05) is 36.6 Å². The standard InChI is InChI=1S/C26H26N2O4/c1-17-9-11-19(12-10-17)24(29)22-7-5-6-8-23(22)26(31)32-18(2)25(30)27-20-13-15-21(16-14-20)28(3)4/h5-16,18H,1-4H3,(H,27,30)/t18-/m1/s1. The van der Waals surface area contributed by atoms with Crippen LogP contribution in [0.3, 0.4) is 0 Å². The highest BCUT2D eigenvalue weighted by atomic mass is 16.5. The normalized spacial score (nSPS) is 11.4. The van der Waals surface area contributed by atoms with Crippen LogP contribution in [0.1, 0.15) is 38.8 Å². The topological polar surface area (TPSA) is 75.7 Å².